The van der Waals surface area contributed by atoms with Gasteiger partial charge < -0.3 is 5.73 Å². The Hall–Kier alpha value is -0.630. The minimum Gasteiger partial charge on any atom is -0.389 e. The molecule has 1 aliphatic rings. The molecule has 1 saturated heterocycles. The van der Waals surface area contributed by atoms with E-state index in [0.717, 1.165) is 24.3 Å². The first kappa shape index (κ1) is 15.8. The lowest BCUT2D eigenvalue weighted by Gasteiger charge is -2.22. The Labute approximate surface area is 129 Å². The molecule has 1 aliphatic heterocycles. The van der Waals surface area contributed by atoms with E-state index in [-0.39, 0.29) is 11.0 Å². The predicted octanol–water partition coefficient (Wildman–Crippen LogP) is 1.80. The zero-order chi connectivity index (χ0) is 14.8. The molecule has 0 saturated carbocycles. The zero-order valence-corrected chi connectivity index (χ0v) is 13.7. The summed E-state index contributed by atoms with van der Waals surface area (Å²) in [7, 11) is -3.48. The van der Waals surface area contributed by atoms with Crippen molar-refractivity contribution in [1.82, 2.24) is 4.72 Å². The lowest BCUT2D eigenvalue weighted by atomic mass is 10.1. The lowest BCUT2D eigenvalue weighted by Crippen LogP contribution is -2.37. The van der Waals surface area contributed by atoms with Crippen LogP contribution in [0, 0.1) is 6.92 Å². The molecular weight excluding hydrogens is 312 g/mol. The van der Waals surface area contributed by atoms with Crippen LogP contribution in [-0.4, -0.2) is 31.0 Å². The summed E-state index contributed by atoms with van der Waals surface area (Å²) in [5.74, 6) is 2.01. The van der Waals surface area contributed by atoms with Crippen molar-refractivity contribution in [2.75, 3.05) is 11.5 Å². The van der Waals surface area contributed by atoms with Crippen LogP contribution in [0.1, 0.15) is 24.0 Å². The van der Waals surface area contributed by atoms with E-state index in [1.165, 1.54) is 0 Å². The highest BCUT2D eigenvalue weighted by Crippen LogP contribution is 2.21. The number of thioether (sulfide) groups is 1. The summed E-state index contributed by atoms with van der Waals surface area (Å²) in [6.07, 6.45) is 1.77. The third-order valence-electron chi connectivity index (χ3n) is 3.29. The number of benzene rings is 1. The van der Waals surface area contributed by atoms with Gasteiger partial charge in [0.05, 0.1) is 4.90 Å². The molecule has 4 nitrogen and oxygen atoms in total. The van der Waals surface area contributed by atoms with Crippen LogP contribution >= 0.6 is 24.0 Å². The molecule has 7 heteroatoms. The van der Waals surface area contributed by atoms with Crippen LogP contribution in [0.5, 0.6) is 0 Å². The van der Waals surface area contributed by atoms with Crippen LogP contribution in [0.4, 0.5) is 0 Å². The normalized spacial score (nSPS) is 17.1. The molecule has 0 spiro atoms. The highest BCUT2D eigenvalue weighted by molar-refractivity contribution is 7.99. The molecule has 2 rings (SSSR count). The fraction of sp³-hybridized carbons (Fsp3) is 0.462. The number of nitrogens with one attached hydrogen (secondary N) is 1. The molecule has 3 N–H and O–H groups in total. The summed E-state index contributed by atoms with van der Waals surface area (Å²) in [5, 5.41) is 0. The van der Waals surface area contributed by atoms with Gasteiger partial charge in [-0.2, -0.15) is 11.8 Å². The Morgan fingerprint density at radius 1 is 1.40 bits per heavy atom. The summed E-state index contributed by atoms with van der Waals surface area (Å²) in [5.41, 5.74) is 6.90. The smallest absolute Gasteiger partial charge is 0.241 e. The Morgan fingerprint density at radius 2 is 2.05 bits per heavy atom. The summed E-state index contributed by atoms with van der Waals surface area (Å²) in [6.45, 7) is 1.76. The lowest BCUT2D eigenvalue weighted by molar-refractivity contribution is 0.528. The minimum absolute atomic E-state index is 0.0379. The Bertz CT molecular complexity index is 608. The average Bonchev–Trinajstić information content (AvgIpc) is 2.38. The highest BCUT2D eigenvalue weighted by atomic mass is 32.2. The Morgan fingerprint density at radius 3 is 2.60 bits per heavy atom. The molecule has 1 aromatic carbocycles. The molecule has 0 radical (unpaired) electrons. The van der Waals surface area contributed by atoms with Crippen molar-refractivity contribution < 1.29 is 8.42 Å². The molecule has 1 aromatic rings. The second kappa shape index (κ2) is 6.43. The van der Waals surface area contributed by atoms with Crippen molar-refractivity contribution in [2.45, 2.75) is 30.7 Å². The van der Waals surface area contributed by atoms with Crippen molar-refractivity contribution in [3.8, 4) is 0 Å². The van der Waals surface area contributed by atoms with Crippen molar-refractivity contribution in [3.05, 3.63) is 29.3 Å². The third kappa shape index (κ3) is 3.72. The van der Waals surface area contributed by atoms with E-state index in [9.17, 15) is 8.42 Å². The zero-order valence-electron chi connectivity index (χ0n) is 11.3. The van der Waals surface area contributed by atoms with E-state index in [2.05, 4.69) is 4.72 Å². The molecule has 0 atom stereocenters. The van der Waals surface area contributed by atoms with Crippen molar-refractivity contribution in [3.63, 3.8) is 0 Å². The molecule has 1 heterocycles. The maximum atomic E-state index is 12.4. The van der Waals surface area contributed by atoms with E-state index < -0.39 is 10.0 Å². The Kier molecular flexibility index (Phi) is 5.06. The SMILES string of the molecule is Cc1cc(C(N)=S)ccc1S(=O)(=O)NC1CCSCC1. The van der Waals surface area contributed by atoms with Crippen LogP contribution in [0.2, 0.25) is 0 Å². The molecule has 20 heavy (non-hydrogen) atoms. The van der Waals surface area contributed by atoms with Gasteiger partial charge in [-0.1, -0.05) is 18.3 Å². The number of aryl methyl sites for hydroxylation is 1. The topological polar surface area (TPSA) is 72.2 Å². The molecule has 1 fully saturated rings. The maximum absolute atomic E-state index is 12.4. The fourth-order valence-corrected chi connectivity index (χ4v) is 4.97. The van der Waals surface area contributed by atoms with Gasteiger partial charge in [-0.25, -0.2) is 13.1 Å². The predicted molar refractivity (Wildman–Crippen MR) is 87.7 cm³/mol. The van der Waals surface area contributed by atoms with Crippen LogP contribution in [0.3, 0.4) is 0 Å². The van der Waals surface area contributed by atoms with Gasteiger partial charge in [0, 0.05) is 11.6 Å². The van der Waals surface area contributed by atoms with Crippen LogP contribution in [-0.2, 0) is 10.0 Å². The van der Waals surface area contributed by atoms with E-state index in [0.29, 0.717) is 16.0 Å². The number of rotatable bonds is 4. The first-order chi connectivity index (χ1) is 9.40. The van der Waals surface area contributed by atoms with Gasteiger partial charge in [-0.05, 0) is 49.0 Å². The van der Waals surface area contributed by atoms with E-state index in [1.54, 1.807) is 25.1 Å². The second-order valence-electron chi connectivity index (χ2n) is 4.85. The van der Waals surface area contributed by atoms with Gasteiger partial charge in [-0.3, -0.25) is 0 Å². The molecule has 0 amide bonds. The number of hydrogen-bond acceptors (Lipinski definition) is 4. The summed E-state index contributed by atoms with van der Waals surface area (Å²) in [6, 6.07) is 4.98. The fourth-order valence-electron chi connectivity index (χ4n) is 2.20. The van der Waals surface area contributed by atoms with Crippen molar-refractivity contribution in [2.24, 2.45) is 5.73 Å². The monoisotopic (exact) mass is 330 g/mol. The van der Waals surface area contributed by atoms with E-state index in [1.807, 2.05) is 11.8 Å². The van der Waals surface area contributed by atoms with Crippen LogP contribution in [0.15, 0.2) is 23.1 Å². The molecule has 110 valence electrons. The first-order valence-corrected chi connectivity index (χ1v) is 9.45. The number of sulfonamides is 1. The van der Waals surface area contributed by atoms with Gasteiger partial charge in [0.15, 0.2) is 0 Å². The van der Waals surface area contributed by atoms with Crippen LogP contribution in [0.25, 0.3) is 0 Å². The second-order valence-corrected chi connectivity index (χ2v) is 8.20. The largest absolute Gasteiger partial charge is 0.389 e. The summed E-state index contributed by atoms with van der Waals surface area (Å²) < 4.78 is 27.6. The average molecular weight is 331 g/mol. The van der Waals surface area contributed by atoms with Gasteiger partial charge in [-0.15, -0.1) is 0 Å². The maximum Gasteiger partial charge on any atom is 0.241 e. The van der Waals surface area contributed by atoms with Gasteiger partial charge >= 0.3 is 0 Å². The summed E-state index contributed by atoms with van der Waals surface area (Å²) >= 11 is 6.77. The van der Waals surface area contributed by atoms with E-state index >= 15 is 0 Å². The molecular formula is C13H18N2O2S3. The van der Waals surface area contributed by atoms with E-state index in [4.69, 9.17) is 18.0 Å². The Balaban J connectivity index is 2.22. The number of nitrogens with two attached hydrogens (primary N) is 1. The van der Waals surface area contributed by atoms with Gasteiger partial charge in [0.25, 0.3) is 0 Å². The third-order valence-corrected chi connectivity index (χ3v) is 6.26. The number of hydrogen-bond donors (Lipinski definition) is 2. The quantitative estimate of drug-likeness (QED) is 0.824. The highest BCUT2D eigenvalue weighted by Gasteiger charge is 2.23. The van der Waals surface area contributed by atoms with Gasteiger partial charge in [0.2, 0.25) is 10.0 Å². The van der Waals surface area contributed by atoms with Gasteiger partial charge in [0.1, 0.15) is 4.99 Å². The standard InChI is InChI=1S/C13H18N2O2S3/c1-9-8-10(13(14)18)2-3-12(9)20(16,17)15-11-4-6-19-7-5-11/h2-3,8,11,15H,4-7H2,1H3,(H2,14,18). The molecule has 0 bridgehead atoms. The minimum atomic E-state index is -3.48. The first-order valence-electron chi connectivity index (χ1n) is 6.40. The molecule has 0 unspecified atom stereocenters. The molecule has 0 aromatic heterocycles. The van der Waals surface area contributed by atoms with Crippen LogP contribution < -0.4 is 10.5 Å². The van der Waals surface area contributed by atoms with Crippen molar-refractivity contribution in [1.29, 1.82) is 0 Å². The number of thiocarbonyl (C=S) groups is 1. The summed E-state index contributed by atoms with van der Waals surface area (Å²) in [4.78, 5) is 0.574. The molecule has 0 aliphatic carbocycles. The van der Waals surface area contributed by atoms with Crippen molar-refractivity contribution >= 4 is 39.0 Å².